The zero-order chi connectivity index (χ0) is 18.4. The van der Waals surface area contributed by atoms with E-state index >= 15 is 0 Å². The van der Waals surface area contributed by atoms with Crippen LogP contribution in [0.5, 0.6) is 0 Å². The number of benzene rings is 1. The Balaban J connectivity index is 2.14. The second kappa shape index (κ2) is 8.92. The van der Waals surface area contributed by atoms with Crippen molar-refractivity contribution in [3.05, 3.63) is 40.5 Å². The van der Waals surface area contributed by atoms with Crippen molar-refractivity contribution >= 4 is 35.2 Å². The minimum absolute atomic E-state index is 0.0589. The Morgan fingerprint density at radius 1 is 1.36 bits per heavy atom. The molecule has 0 aliphatic carbocycles. The summed E-state index contributed by atoms with van der Waals surface area (Å²) in [5.74, 6) is -0.699. The molecule has 3 N–H and O–H groups in total. The summed E-state index contributed by atoms with van der Waals surface area (Å²) in [6, 6.07) is 6.29. The summed E-state index contributed by atoms with van der Waals surface area (Å²) < 4.78 is 0. The number of carbonyl (C=O) groups excluding carboxylic acids is 1. The lowest BCUT2D eigenvalue weighted by Crippen LogP contribution is -2.42. The van der Waals surface area contributed by atoms with Gasteiger partial charge in [0, 0.05) is 21.8 Å². The molecule has 1 amide bonds. The van der Waals surface area contributed by atoms with E-state index in [-0.39, 0.29) is 12.3 Å². The fraction of sp³-hybridized carbons (Fsp3) is 0.353. The second-order valence-corrected chi connectivity index (χ2v) is 7.02. The number of nitrogens with one attached hydrogen (secondary N) is 2. The number of carboxylic acid groups (broad SMARTS) is 1. The van der Waals surface area contributed by atoms with Crippen LogP contribution < -0.4 is 5.32 Å². The predicted octanol–water partition coefficient (Wildman–Crippen LogP) is 2.90. The number of rotatable bonds is 8. The van der Waals surface area contributed by atoms with E-state index < -0.39 is 12.0 Å². The van der Waals surface area contributed by atoms with Crippen molar-refractivity contribution in [3.8, 4) is 11.3 Å². The number of hydrogen-bond acceptors (Lipinski definition) is 4. The number of halogens is 1. The molecule has 1 heterocycles. The summed E-state index contributed by atoms with van der Waals surface area (Å²) in [4.78, 5) is 23.6. The lowest BCUT2D eigenvalue weighted by Gasteiger charge is -2.14. The first kappa shape index (κ1) is 19.3. The summed E-state index contributed by atoms with van der Waals surface area (Å²) in [5, 5.41) is 19.6. The molecular formula is C17H20ClN3O3S. The second-order valence-electron chi connectivity index (χ2n) is 5.60. The fourth-order valence-corrected chi connectivity index (χ4v) is 3.01. The highest BCUT2D eigenvalue weighted by Gasteiger charge is 2.22. The SMILES string of the molecule is CSCC[C@H](NC(=O)Cc1c(-c2ccc(Cl)cc2)n[nH]c1C)C(=O)O. The maximum Gasteiger partial charge on any atom is 0.326 e. The Bertz CT molecular complexity index is 746. The number of aromatic nitrogens is 2. The summed E-state index contributed by atoms with van der Waals surface area (Å²) >= 11 is 7.45. The molecule has 0 spiro atoms. The van der Waals surface area contributed by atoms with Gasteiger partial charge in [-0.25, -0.2) is 4.79 Å². The Morgan fingerprint density at radius 2 is 2.04 bits per heavy atom. The number of H-pyrrole nitrogens is 1. The molecule has 0 saturated carbocycles. The molecule has 1 atom stereocenters. The van der Waals surface area contributed by atoms with Crippen LogP contribution in [0.3, 0.4) is 0 Å². The molecule has 0 bridgehead atoms. The molecule has 0 aliphatic heterocycles. The highest BCUT2D eigenvalue weighted by atomic mass is 35.5. The molecular weight excluding hydrogens is 362 g/mol. The van der Waals surface area contributed by atoms with Gasteiger partial charge in [0.2, 0.25) is 5.91 Å². The van der Waals surface area contributed by atoms with E-state index in [1.165, 1.54) is 0 Å². The number of carbonyl (C=O) groups is 2. The van der Waals surface area contributed by atoms with Gasteiger partial charge < -0.3 is 10.4 Å². The molecule has 2 aromatic rings. The number of carboxylic acids is 1. The van der Waals surface area contributed by atoms with E-state index in [0.717, 1.165) is 16.8 Å². The highest BCUT2D eigenvalue weighted by molar-refractivity contribution is 7.98. The molecule has 0 fully saturated rings. The summed E-state index contributed by atoms with van der Waals surface area (Å²) in [6.07, 6.45) is 2.34. The van der Waals surface area contributed by atoms with Gasteiger partial charge >= 0.3 is 5.97 Å². The normalized spacial score (nSPS) is 12.0. The average molecular weight is 382 g/mol. The molecule has 0 saturated heterocycles. The zero-order valence-electron chi connectivity index (χ0n) is 14.0. The van der Waals surface area contributed by atoms with Crippen molar-refractivity contribution in [3.63, 3.8) is 0 Å². The van der Waals surface area contributed by atoms with Crippen LogP contribution in [0.4, 0.5) is 0 Å². The first-order valence-electron chi connectivity index (χ1n) is 7.73. The third kappa shape index (κ3) is 5.24. The number of nitrogens with zero attached hydrogens (tertiary/aromatic N) is 1. The Kier molecular flexibility index (Phi) is 6.90. The number of amides is 1. The highest BCUT2D eigenvalue weighted by Crippen LogP contribution is 2.25. The summed E-state index contributed by atoms with van der Waals surface area (Å²) in [5.41, 5.74) is 3.03. The van der Waals surface area contributed by atoms with Gasteiger partial charge in [-0.2, -0.15) is 16.9 Å². The molecule has 0 unspecified atom stereocenters. The minimum atomic E-state index is -1.02. The van der Waals surface area contributed by atoms with Crippen molar-refractivity contribution in [2.24, 2.45) is 0 Å². The van der Waals surface area contributed by atoms with Gasteiger partial charge in [-0.1, -0.05) is 23.7 Å². The number of hydrogen-bond donors (Lipinski definition) is 3. The van der Waals surface area contributed by atoms with Crippen molar-refractivity contribution in [1.82, 2.24) is 15.5 Å². The quantitative estimate of drug-likeness (QED) is 0.653. The van der Waals surface area contributed by atoms with E-state index in [2.05, 4.69) is 15.5 Å². The van der Waals surface area contributed by atoms with Crippen molar-refractivity contribution in [2.45, 2.75) is 25.8 Å². The lowest BCUT2D eigenvalue weighted by molar-refractivity contribution is -0.141. The van der Waals surface area contributed by atoms with Crippen LogP contribution in [-0.4, -0.2) is 45.2 Å². The summed E-state index contributed by atoms with van der Waals surface area (Å²) in [6.45, 7) is 1.83. The Hall–Kier alpha value is -1.99. The van der Waals surface area contributed by atoms with Crippen molar-refractivity contribution < 1.29 is 14.7 Å². The minimum Gasteiger partial charge on any atom is -0.480 e. The van der Waals surface area contributed by atoms with Crippen LogP contribution >= 0.6 is 23.4 Å². The van der Waals surface area contributed by atoms with Gasteiger partial charge in [-0.05, 0) is 37.5 Å². The largest absolute Gasteiger partial charge is 0.480 e. The Morgan fingerprint density at radius 3 is 2.64 bits per heavy atom. The standard InChI is InChI=1S/C17H20ClN3O3S/c1-10-13(9-15(22)19-14(17(23)24)7-8-25-2)16(21-20-10)11-3-5-12(18)6-4-11/h3-6,14H,7-9H2,1-2H3,(H,19,22)(H,20,21)(H,23,24)/t14-/m0/s1. The van der Waals surface area contributed by atoms with E-state index in [0.29, 0.717) is 22.9 Å². The van der Waals surface area contributed by atoms with Crippen LogP contribution in [-0.2, 0) is 16.0 Å². The molecule has 1 aromatic carbocycles. The molecule has 25 heavy (non-hydrogen) atoms. The van der Waals surface area contributed by atoms with E-state index in [1.54, 1.807) is 23.9 Å². The number of aromatic amines is 1. The van der Waals surface area contributed by atoms with Crippen molar-refractivity contribution in [1.29, 1.82) is 0 Å². The third-order valence-corrected chi connectivity index (χ3v) is 4.67. The van der Waals surface area contributed by atoms with Crippen molar-refractivity contribution in [2.75, 3.05) is 12.0 Å². The Labute approximate surface area is 155 Å². The number of thioether (sulfide) groups is 1. The van der Waals surface area contributed by atoms with Crippen LogP contribution in [0.1, 0.15) is 17.7 Å². The van der Waals surface area contributed by atoms with E-state index in [9.17, 15) is 14.7 Å². The van der Waals surface area contributed by atoms with Gasteiger partial charge in [0.15, 0.2) is 0 Å². The lowest BCUT2D eigenvalue weighted by atomic mass is 10.0. The zero-order valence-corrected chi connectivity index (χ0v) is 15.6. The topological polar surface area (TPSA) is 95.1 Å². The maximum atomic E-state index is 12.3. The van der Waals surface area contributed by atoms with Gasteiger partial charge in [0.05, 0.1) is 12.1 Å². The molecule has 134 valence electrons. The van der Waals surface area contributed by atoms with E-state index in [1.807, 2.05) is 25.3 Å². The fourth-order valence-electron chi connectivity index (χ4n) is 2.41. The van der Waals surface area contributed by atoms with Gasteiger partial charge in [0.1, 0.15) is 6.04 Å². The van der Waals surface area contributed by atoms with Crippen LogP contribution in [0.2, 0.25) is 5.02 Å². The number of aliphatic carboxylic acids is 1. The first-order valence-corrected chi connectivity index (χ1v) is 9.50. The smallest absolute Gasteiger partial charge is 0.326 e. The van der Waals surface area contributed by atoms with Gasteiger partial charge in [-0.3, -0.25) is 9.89 Å². The van der Waals surface area contributed by atoms with Crippen LogP contribution in [0.25, 0.3) is 11.3 Å². The molecule has 1 aromatic heterocycles. The predicted molar refractivity (Wildman–Crippen MR) is 100 cm³/mol. The molecule has 0 radical (unpaired) electrons. The average Bonchev–Trinajstić information content (AvgIpc) is 2.93. The summed E-state index contributed by atoms with van der Waals surface area (Å²) in [7, 11) is 0. The molecule has 6 nitrogen and oxygen atoms in total. The molecule has 8 heteroatoms. The van der Waals surface area contributed by atoms with Crippen LogP contribution in [0.15, 0.2) is 24.3 Å². The van der Waals surface area contributed by atoms with E-state index in [4.69, 9.17) is 11.6 Å². The van der Waals surface area contributed by atoms with Crippen LogP contribution in [0, 0.1) is 6.92 Å². The molecule has 2 rings (SSSR count). The molecule has 0 aliphatic rings. The monoisotopic (exact) mass is 381 g/mol. The third-order valence-electron chi connectivity index (χ3n) is 3.77. The van der Waals surface area contributed by atoms with Gasteiger partial charge in [-0.15, -0.1) is 0 Å². The number of aryl methyl sites for hydroxylation is 1. The first-order chi connectivity index (χ1) is 11.9. The van der Waals surface area contributed by atoms with Gasteiger partial charge in [0.25, 0.3) is 0 Å². The maximum absolute atomic E-state index is 12.3.